The van der Waals surface area contributed by atoms with Crippen molar-refractivity contribution in [1.29, 1.82) is 0 Å². The molecule has 1 unspecified atom stereocenters. The smallest absolute Gasteiger partial charge is 0.329 e. The Labute approximate surface area is 106 Å². The Morgan fingerprint density at radius 1 is 1.50 bits per heavy atom. The van der Waals surface area contributed by atoms with Crippen LogP contribution in [0.5, 0.6) is 0 Å². The highest BCUT2D eigenvalue weighted by molar-refractivity contribution is 5.87. The first kappa shape index (κ1) is 13.3. The molecule has 0 radical (unpaired) electrons. The van der Waals surface area contributed by atoms with Crippen molar-refractivity contribution in [1.82, 2.24) is 4.90 Å². The van der Waals surface area contributed by atoms with E-state index in [0.717, 1.165) is 12.8 Å². The van der Waals surface area contributed by atoms with Crippen LogP contribution in [0, 0.1) is 5.92 Å². The molecule has 2 fully saturated rings. The van der Waals surface area contributed by atoms with E-state index < -0.39 is 17.1 Å². The lowest BCUT2D eigenvalue weighted by Gasteiger charge is -2.49. The van der Waals surface area contributed by atoms with E-state index in [1.165, 1.54) is 0 Å². The van der Waals surface area contributed by atoms with E-state index in [1.807, 2.05) is 6.92 Å². The van der Waals surface area contributed by atoms with Gasteiger partial charge in [0, 0.05) is 0 Å². The second kappa shape index (κ2) is 4.20. The first-order chi connectivity index (χ1) is 8.24. The summed E-state index contributed by atoms with van der Waals surface area (Å²) in [7, 11) is 0. The molecule has 0 bridgehead atoms. The van der Waals surface area contributed by atoms with Gasteiger partial charge in [0.2, 0.25) is 5.91 Å². The molecule has 1 saturated heterocycles. The van der Waals surface area contributed by atoms with Crippen molar-refractivity contribution < 1.29 is 19.4 Å². The Morgan fingerprint density at radius 3 is 2.50 bits per heavy atom. The second-order valence-electron chi connectivity index (χ2n) is 5.85. The molecule has 3 N–H and O–H groups in total. The van der Waals surface area contributed by atoms with Gasteiger partial charge >= 0.3 is 5.97 Å². The summed E-state index contributed by atoms with van der Waals surface area (Å²) in [6, 6.07) is 0. The summed E-state index contributed by atoms with van der Waals surface area (Å²) >= 11 is 0. The van der Waals surface area contributed by atoms with Crippen molar-refractivity contribution in [3.05, 3.63) is 0 Å². The van der Waals surface area contributed by atoms with E-state index in [9.17, 15) is 9.59 Å². The molecular weight excluding hydrogens is 236 g/mol. The molecule has 6 nitrogen and oxygen atoms in total. The van der Waals surface area contributed by atoms with Gasteiger partial charge in [0.1, 0.15) is 12.2 Å². The van der Waals surface area contributed by atoms with Crippen molar-refractivity contribution in [2.24, 2.45) is 11.7 Å². The van der Waals surface area contributed by atoms with E-state index >= 15 is 0 Å². The molecule has 2 rings (SSSR count). The summed E-state index contributed by atoms with van der Waals surface area (Å²) in [6.45, 7) is 4.09. The maximum atomic E-state index is 12.2. The standard InChI is InChI=1S/C12H20N2O4/c1-11(18-5-9(15)16)6-14(7-11)10(17)12(2,13)8-3-4-8/h8H,3-7,13H2,1-2H3,(H,15,16). The van der Waals surface area contributed by atoms with Crippen molar-refractivity contribution in [3.63, 3.8) is 0 Å². The molecule has 0 aromatic heterocycles. The lowest BCUT2D eigenvalue weighted by molar-refractivity contribution is -0.176. The summed E-state index contributed by atoms with van der Waals surface area (Å²) in [6.07, 6.45) is 2.03. The first-order valence-corrected chi connectivity index (χ1v) is 6.19. The van der Waals surface area contributed by atoms with Gasteiger partial charge in [0.15, 0.2) is 0 Å². The molecule has 102 valence electrons. The predicted molar refractivity (Wildman–Crippen MR) is 63.9 cm³/mol. The number of ether oxygens (including phenoxy) is 1. The highest BCUT2D eigenvalue weighted by Crippen LogP contribution is 2.40. The van der Waals surface area contributed by atoms with Gasteiger partial charge in [-0.2, -0.15) is 0 Å². The molecule has 2 aliphatic rings. The fraction of sp³-hybridized carbons (Fsp3) is 0.833. The third-order valence-electron chi connectivity index (χ3n) is 3.77. The van der Waals surface area contributed by atoms with Crippen LogP contribution in [0.2, 0.25) is 0 Å². The number of aliphatic carboxylic acids is 1. The minimum Gasteiger partial charge on any atom is -0.480 e. The number of nitrogens with two attached hydrogens (primary N) is 1. The molecule has 0 spiro atoms. The van der Waals surface area contributed by atoms with Gasteiger partial charge in [-0.15, -0.1) is 0 Å². The molecule has 0 aromatic carbocycles. The number of rotatable bonds is 5. The largest absolute Gasteiger partial charge is 0.480 e. The third kappa shape index (κ3) is 2.49. The number of hydrogen-bond acceptors (Lipinski definition) is 4. The average Bonchev–Trinajstić information content (AvgIpc) is 3.05. The summed E-state index contributed by atoms with van der Waals surface area (Å²) in [4.78, 5) is 24.3. The van der Waals surface area contributed by atoms with Crippen molar-refractivity contribution in [2.75, 3.05) is 19.7 Å². The molecule has 18 heavy (non-hydrogen) atoms. The van der Waals surface area contributed by atoms with E-state index in [-0.39, 0.29) is 18.4 Å². The number of hydrogen-bond donors (Lipinski definition) is 2. The highest BCUT2D eigenvalue weighted by Gasteiger charge is 2.51. The van der Waals surface area contributed by atoms with Crippen LogP contribution >= 0.6 is 0 Å². The van der Waals surface area contributed by atoms with Crippen LogP contribution in [0.3, 0.4) is 0 Å². The minimum absolute atomic E-state index is 0.0543. The number of amides is 1. The van der Waals surface area contributed by atoms with Gasteiger partial charge in [-0.25, -0.2) is 4.79 Å². The Bertz CT molecular complexity index is 370. The quantitative estimate of drug-likeness (QED) is 0.711. The lowest BCUT2D eigenvalue weighted by Crippen LogP contribution is -2.68. The molecule has 1 heterocycles. The molecule has 0 aromatic rings. The molecular formula is C12H20N2O4. The zero-order valence-electron chi connectivity index (χ0n) is 10.8. The van der Waals surface area contributed by atoms with Gasteiger partial charge in [-0.3, -0.25) is 4.79 Å². The fourth-order valence-corrected chi connectivity index (χ4v) is 2.43. The number of carbonyl (C=O) groups is 2. The van der Waals surface area contributed by atoms with Crippen LogP contribution in [-0.4, -0.2) is 52.7 Å². The lowest BCUT2D eigenvalue weighted by atomic mass is 9.89. The Morgan fingerprint density at radius 2 is 2.06 bits per heavy atom. The predicted octanol–water partition coefficient (Wildman–Crippen LogP) is -0.184. The maximum absolute atomic E-state index is 12.2. The van der Waals surface area contributed by atoms with E-state index in [1.54, 1.807) is 11.8 Å². The summed E-state index contributed by atoms with van der Waals surface area (Å²) < 4.78 is 5.26. The SMILES string of the molecule is CC1(OCC(=O)O)CN(C(=O)C(C)(N)C2CC2)C1. The highest BCUT2D eigenvalue weighted by atomic mass is 16.5. The number of carbonyl (C=O) groups excluding carboxylic acids is 1. The monoisotopic (exact) mass is 256 g/mol. The number of likely N-dealkylation sites (tertiary alicyclic amines) is 1. The Hall–Kier alpha value is -1.14. The van der Waals surface area contributed by atoms with Crippen LogP contribution in [0.15, 0.2) is 0 Å². The molecule has 1 aliphatic carbocycles. The van der Waals surface area contributed by atoms with Gasteiger partial charge in [-0.05, 0) is 32.6 Å². The van der Waals surface area contributed by atoms with E-state index in [0.29, 0.717) is 13.1 Å². The number of carboxylic acids is 1. The van der Waals surface area contributed by atoms with E-state index in [2.05, 4.69) is 0 Å². The average molecular weight is 256 g/mol. The van der Waals surface area contributed by atoms with Gasteiger partial charge in [-0.1, -0.05) is 0 Å². The Balaban J connectivity index is 1.84. The number of carboxylic acid groups (broad SMARTS) is 1. The van der Waals surface area contributed by atoms with Crippen LogP contribution in [-0.2, 0) is 14.3 Å². The third-order valence-corrected chi connectivity index (χ3v) is 3.77. The van der Waals surface area contributed by atoms with Crippen LogP contribution < -0.4 is 5.73 Å². The molecule has 1 amide bonds. The van der Waals surface area contributed by atoms with Crippen LogP contribution in [0.1, 0.15) is 26.7 Å². The molecule has 1 aliphatic heterocycles. The van der Waals surface area contributed by atoms with Gasteiger partial charge in [0.25, 0.3) is 0 Å². The molecule has 6 heteroatoms. The summed E-state index contributed by atoms with van der Waals surface area (Å²) in [5, 5.41) is 8.56. The second-order valence-corrected chi connectivity index (χ2v) is 5.85. The minimum atomic E-state index is -0.998. The number of nitrogens with zero attached hydrogens (tertiary/aromatic N) is 1. The fourth-order valence-electron chi connectivity index (χ4n) is 2.43. The normalized spacial score (nSPS) is 25.2. The van der Waals surface area contributed by atoms with Crippen LogP contribution in [0.4, 0.5) is 0 Å². The molecule has 1 saturated carbocycles. The van der Waals surface area contributed by atoms with Crippen molar-refractivity contribution in [2.45, 2.75) is 37.8 Å². The van der Waals surface area contributed by atoms with Crippen molar-refractivity contribution in [3.8, 4) is 0 Å². The molecule has 1 atom stereocenters. The van der Waals surface area contributed by atoms with Gasteiger partial charge in [0.05, 0.1) is 18.6 Å². The first-order valence-electron chi connectivity index (χ1n) is 6.19. The Kier molecular flexibility index (Phi) is 3.11. The summed E-state index contributed by atoms with van der Waals surface area (Å²) in [5.41, 5.74) is 4.73. The topological polar surface area (TPSA) is 92.9 Å². The van der Waals surface area contributed by atoms with Gasteiger partial charge < -0.3 is 20.5 Å². The van der Waals surface area contributed by atoms with Crippen LogP contribution in [0.25, 0.3) is 0 Å². The zero-order chi connectivity index (χ0) is 13.6. The summed E-state index contributed by atoms with van der Waals surface area (Å²) in [5.74, 6) is -0.763. The zero-order valence-corrected chi connectivity index (χ0v) is 10.8. The maximum Gasteiger partial charge on any atom is 0.329 e. The van der Waals surface area contributed by atoms with E-state index in [4.69, 9.17) is 15.6 Å². The van der Waals surface area contributed by atoms with Crippen molar-refractivity contribution >= 4 is 11.9 Å².